The number of nitrogens with zero attached hydrogens (tertiary/aromatic N) is 3. The lowest BCUT2D eigenvalue weighted by Gasteiger charge is -2.10. The fourth-order valence-corrected chi connectivity index (χ4v) is 2.74. The van der Waals surface area contributed by atoms with Gasteiger partial charge < -0.3 is 15.7 Å². The smallest absolute Gasteiger partial charge is 0.245 e. The second kappa shape index (κ2) is 8.22. The number of hydrogen-bond donors (Lipinski definition) is 3. The third-order valence-corrected chi connectivity index (χ3v) is 4.25. The largest absolute Gasteiger partial charge is 0.387 e. The van der Waals surface area contributed by atoms with Crippen LogP contribution in [0.25, 0.3) is 11.4 Å². The molecule has 0 radical (unpaired) electrons. The Balaban J connectivity index is 1.71. The van der Waals surface area contributed by atoms with Gasteiger partial charge in [0.15, 0.2) is 0 Å². The highest BCUT2D eigenvalue weighted by molar-refractivity contribution is 5.76. The van der Waals surface area contributed by atoms with Crippen molar-refractivity contribution in [2.24, 2.45) is 0 Å². The summed E-state index contributed by atoms with van der Waals surface area (Å²) in [5.41, 5.74) is 2.87. The number of nitrogens with one attached hydrogen (secondary N) is 2. The number of aliphatic hydroxyl groups excluding tert-OH is 1. The van der Waals surface area contributed by atoms with Crippen LogP contribution in [0.1, 0.15) is 37.9 Å². The molecule has 2 aromatic rings. The normalized spacial score (nSPS) is 15.1. The van der Waals surface area contributed by atoms with Crippen LogP contribution < -0.4 is 10.6 Å². The molecule has 0 aliphatic heterocycles. The molecule has 7 heteroatoms. The van der Waals surface area contributed by atoms with Gasteiger partial charge in [-0.15, -0.1) is 0 Å². The topological polar surface area (TPSA) is 92.1 Å². The Morgan fingerprint density at radius 2 is 2.28 bits per heavy atom. The molecule has 1 saturated carbocycles. The van der Waals surface area contributed by atoms with Crippen molar-refractivity contribution >= 4 is 5.91 Å². The number of pyridine rings is 1. The lowest BCUT2D eigenvalue weighted by molar-refractivity contribution is -0.123. The van der Waals surface area contributed by atoms with E-state index >= 15 is 0 Å². The summed E-state index contributed by atoms with van der Waals surface area (Å²) < 4.78 is 1.95. The van der Waals surface area contributed by atoms with E-state index < -0.39 is 6.61 Å². The first-order valence-corrected chi connectivity index (χ1v) is 8.80. The highest BCUT2D eigenvalue weighted by Crippen LogP contribution is 2.26. The highest BCUT2D eigenvalue weighted by atomic mass is 16.3. The van der Waals surface area contributed by atoms with Crippen molar-refractivity contribution < 1.29 is 9.90 Å². The van der Waals surface area contributed by atoms with Gasteiger partial charge in [0.2, 0.25) is 5.91 Å². The van der Waals surface area contributed by atoms with Crippen molar-refractivity contribution in [1.82, 2.24) is 25.4 Å². The van der Waals surface area contributed by atoms with Crippen LogP contribution in [0.15, 0.2) is 30.5 Å². The Bertz CT molecular complexity index is 697. The van der Waals surface area contributed by atoms with Crippen LogP contribution in [0, 0.1) is 0 Å². The Morgan fingerprint density at radius 1 is 1.44 bits per heavy atom. The lowest BCUT2D eigenvalue weighted by Crippen LogP contribution is -2.27. The van der Waals surface area contributed by atoms with E-state index in [4.69, 9.17) is 10.2 Å². The summed E-state index contributed by atoms with van der Waals surface area (Å²) in [6.45, 7) is 2.84. The van der Waals surface area contributed by atoms with Crippen LogP contribution in [0.3, 0.4) is 0 Å². The Kier molecular flexibility index (Phi) is 5.78. The molecule has 25 heavy (non-hydrogen) atoms. The van der Waals surface area contributed by atoms with Crippen molar-refractivity contribution in [2.45, 2.75) is 44.8 Å². The van der Waals surface area contributed by atoms with Crippen molar-refractivity contribution in [3.63, 3.8) is 0 Å². The Morgan fingerprint density at radius 3 is 2.96 bits per heavy atom. The third-order valence-electron chi connectivity index (χ3n) is 4.25. The minimum absolute atomic E-state index is 0.199. The summed E-state index contributed by atoms with van der Waals surface area (Å²) in [6, 6.07) is 8.75. The molecule has 0 bridgehead atoms. The van der Waals surface area contributed by atoms with Gasteiger partial charge in [-0.05, 0) is 44.4 Å². The molecule has 0 aromatic carbocycles. The molecule has 1 atom stereocenters. The van der Waals surface area contributed by atoms with Gasteiger partial charge in [-0.2, -0.15) is 5.10 Å². The number of aryl methyl sites for hydroxylation is 1. The molecule has 1 aliphatic carbocycles. The quantitative estimate of drug-likeness (QED) is 0.596. The maximum atomic E-state index is 11.1. The van der Waals surface area contributed by atoms with Crippen molar-refractivity contribution in [1.29, 1.82) is 0 Å². The summed E-state index contributed by atoms with van der Waals surface area (Å²) in [5.74, 6) is -0.353. The van der Waals surface area contributed by atoms with Gasteiger partial charge in [0.05, 0.1) is 17.1 Å². The van der Waals surface area contributed by atoms with Crippen LogP contribution in [-0.2, 0) is 11.3 Å². The molecular weight excluding hydrogens is 318 g/mol. The zero-order valence-corrected chi connectivity index (χ0v) is 14.5. The molecular formula is C18H25N5O2. The number of amides is 1. The SMILES string of the molecule is CC(NC1CC1)c1cc(-c2ccccn2)n(CCCNC(=O)CO)n1. The number of carbonyl (C=O) groups is 1. The van der Waals surface area contributed by atoms with E-state index in [1.54, 1.807) is 6.20 Å². The van der Waals surface area contributed by atoms with Gasteiger partial charge in [0.1, 0.15) is 6.61 Å². The zero-order chi connectivity index (χ0) is 17.6. The number of carbonyl (C=O) groups excluding carboxylic acids is 1. The highest BCUT2D eigenvalue weighted by Gasteiger charge is 2.25. The molecule has 1 amide bonds. The molecule has 1 aliphatic rings. The van der Waals surface area contributed by atoms with E-state index in [-0.39, 0.29) is 11.9 Å². The number of aliphatic hydroxyl groups is 1. The standard InChI is InChI=1S/C18H25N5O2/c1-13(21-14-6-7-14)16-11-17(15-5-2-3-8-19-15)23(22-16)10-4-9-20-18(25)12-24/h2-3,5,8,11,13-14,21,24H,4,6-7,9-10,12H2,1H3,(H,20,25). The maximum Gasteiger partial charge on any atom is 0.245 e. The van der Waals surface area contributed by atoms with E-state index in [2.05, 4.69) is 28.6 Å². The van der Waals surface area contributed by atoms with Crippen LogP contribution in [0.5, 0.6) is 0 Å². The molecule has 3 rings (SSSR count). The van der Waals surface area contributed by atoms with Crippen molar-refractivity contribution in [3.05, 3.63) is 36.2 Å². The molecule has 2 aromatic heterocycles. The van der Waals surface area contributed by atoms with Crippen molar-refractivity contribution in [2.75, 3.05) is 13.2 Å². The van der Waals surface area contributed by atoms with Gasteiger partial charge in [0.25, 0.3) is 0 Å². The third kappa shape index (κ3) is 4.87. The van der Waals surface area contributed by atoms with Crippen LogP contribution >= 0.6 is 0 Å². The monoisotopic (exact) mass is 343 g/mol. The Labute approximate surface area is 147 Å². The molecule has 134 valence electrons. The molecule has 0 saturated heterocycles. The Hall–Kier alpha value is -2.25. The molecule has 3 N–H and O–H groups in total. The van der Waals surface area contributed by atoms with E-state index in [0.29, 0.717) is 19.1 Å². The molecule has 7 nitrogen and oxygen atoms in total. The van der Waals surface area contributed by atoms with Crippen molar-refractivity contribution in [3.8, 4) is 11.4 Å². The fourth-order valence-electron chi connectivity index (χ4n) is 2.74. The fraction of sp³-hybridized carbons (Fsp3) is 0.500. The minimum atomic E-state index is -0.477. The molecule has 1 unspecified atom stereocenters. The predicted octanol–water partition coefficient (Wildman–Crippen LogP) is 1.26. The van der Waals surface area contributed by atoms with Crippen LogP contribution in [-0.4, -0.2) is 45.0 Å². The first kappa shape index (κ1) is 17.6. The number of aromatic nitrogens is 3. The molecule has 2 heterocycles. The second-order valence-electron chi connectivity index (χ2n) is 6.42. The summed E-state index contributed by atoms with van der Waals surface area (Å²) in [5, 5.41) is 19.7. The molecule has 0 spiro atoms. The first-order chi connectivity index (χ1) is 12.2. The second-order valence-corrected chi connectivity index (χ2v) is 6.42. The average molecular weight is 343 g/mol. The number of hydrogen-bond acceptors (Lipinski definition) is 5. The van der Waals surface area contributed by atoms with Gasteiger partial charge in [-0.3, -0.25) is 14.5 Å². The zero-order valence-electron chi connectivity index (χ0n) is 14.5. The van der Waals surface area contributed by atoms with E-state index in [9.17, 15) is 4.79 Å². The summed E-state index contributed by atoms with van der Waals surface area (Å²) >= 11 is 0. The maximum absolute atomic E-state index is 11.1. The van der Waals surface area contributed by atoms with E-state index in [0.717, 1.165) is 23.5 Å². The first-order valence-electron chi connectivity index (χ1n) is 8.80. The predicted molar refractivity (Wildman–Crippen MR) is 94.7 cm³/mol. The van der Waals surface area contributed by atoms with Gasteiger partial charge >= 0.3 is 0 Å². The summed E-state index contributed by atoms with van der Waals surface area (Å²) in [7, 11) is 0. The summed E-state index contributed by atoms with van der Waals surface area (Å²) in [6.07, 6.45) is 4.99. The van der Waals surface area contributed by atoms with Gasteiger partial charge in [-0.25, -0.2) is 0 Å². The van der Waals surface area contributed by atoms with Gasteiger partial charge in [0, 0.05) is 31.4 Å². The molecule has 1 fully saturated rings. The lowest BCUT2D eigenvalue weighted by atomic mass is 10.2. The van der Waals surface area contributed by atoms with Gasteiger partial charge in [-0.1, -0.05) is 6.07 Å². The minimum Gasteiger partial charge on any atom is -0.387 e. The average Bonchev–Trinajstić information content (AvgIpc) is 3.35. The van der Waals surface area contributed by atoms with E-state index in [1.165, 1.54) is 12.8 Å². The van der Waals surface area contributed by atoms with Crippen LogP contribution in [0.2, 0.25) is 0 Å². The van der Waals surface area contributed by atoms with Crippen LogP contribution in [0.4, 0.5) is 0 Å². The van der Waals surface area contributed by atoms with E-state index in [1.807, 2.05) is 22.9 Å². The number of rotatable bonds is 9. The summed E-state index contributed by atoms with van der Waals surface area (Å²) in [4.78, 5) is 15.6.